The molecule has 1 amide bonds. The summed E-state index contributed by atoms with van der Waals surface area (Å²) in [5.74, 6) is 0.245. The molecule has 138 valence electrons. The molecule has 2 aliphatic rings. The number of hydrogen-bond donors (Lipinski definition) is 1. The molecule has 2 saturated heterocycles. The minimum Gasteiger partial charge on any atom is -0.381 e. The average molecular weight is 396 g/mol. The monoisotopic (exact) mass is 395 g/mol. The molecule has 0 aromatic carbocycles. The van der Waals surface area contributed by atoms with Crippen molar-refractivity contribution in [3.8, 4) is 0 Å². The van der Waals surface area contributed by atoms with Gasteiger partial charge in [0.2, 0.25) is 5.91 Å². The van der Waals surface area contributed by atoms with E-state index >= 15 is 0 Å². The van der Waals surface area contributed by atoms with Crippen molar-refractivity contribution in [2.45, 2.75) is 19.4 Å². The lowest BCUT2D eigenvalue weighted by atomic mass is 9.78. The Bertz CT molecular complexity index is 488. The topological polar surface area (TPSA) is 58.8 Å². The number of carbonyl (C=O) groups is 1. The summed E-state index contributed by atoms with van der Waals surface area (Å²) in [4.78, 5) is 18.7. The zero-order valence-corrected chi connectivity index (χ0v) is 16.3. The Morgan fingerprint density at radius 2 is 1.88 bits per heavy atom. The van der Waals surface area contributed by atoms with Crippen LogP contribution in [0.5, 0.6) is 0 Å². The SMILES string of the molecule is Cl.Cl.NCC1(C(=O)N2CCN(Cc3cccs3)CC2)CCOCC1. The van der Waals surface area contributed by atoms with E-state index in [1.807, 2.05) is 4.90 Å². The number of hydrogen-bond acceptors (Lipinski definition) is 5. The molecule has 0 radical (unpaired) electrons. The van der Waals surface area contributed by atoms with E-state index in [1.54, 1.807) is 11.3 Å². The molecule has 1 aromatic rings. The highest BCUT2D eigenvalue weighted by atomic mass is 35.5. The lowest BCUT2D eigenvalue weighted by Crippen LogP contribution is -2.56. The lowest BCUT2D eigenvalue weighted by Gasteiger charge is -2.42. The molecule has 0 saturated carbocycles. The number of amides is 1. The smallest absolute Gasteiger partial charge is 0.230 e. The number of piperazine rings is 1. The summed E-state index contributed by atoms with van der Waals surface area (Å²) in [5.41, 5.74) is 5.57. The van der Waals surface area contributed by atoms with Gasteiger partial charge in [-0.05, 0) is 24.3 Å². The van der Waals surface area contributed by atoms with Crippen LogP contribution in [0.25, 0.3) is 0 Å². The van der Waals surface area contributed by atoms with Gasteiger partial charge in [0, 0.05) is 57.4 Å². The van der Waals surface area contributed by atoms with Gasteiger partial charge in [0.1, 0.15) is 0 Å². The van der Waals surface area contributed by atoms with Crippen LogP contribution in [0.4, 0.5) is 0 Å². The fourth-order valence-corrected chi connectivity index (χ4v) is 4.08. The van der Waals surface area contributed by atoms with Crippen LogP contribution in [-0.2, 0) is 16.1 Å². The third kappa shape index (κ3) is 4.84. The van der Waals surface area contributed by atoms with Gasteiger partial charge in [-0.15, -0.1) is 36.2 Å². The Kier molecular flexibility index (Phi) is 8.98. The Morgan fingerprint density at radius 3 is 2.42 bits per heavy atom. The van der Waals surface area contributed by atoms with Crippen LogP contribution in [0.15, 0.2) is 17.5 Å². The normalized spacial score (nSPS) is 20.8. The largest absolute Gasteiger partial charge is 0.381 e. The number of halogens is 2. The van der Waals surface area contributed by atoms with Gasteiger partial charge >= 0.3 is 0 Å². The average Bonchev–Trinajstić information content (AvgIpc) is 3.08. The van der Waals surface area contributed by atoms with Gasteiger partial charge in [-0.3, -0.25) is 9.69 Å². The van der Waals surface area contributed by atoms with Crippen molar-refractivity contribution in [3.63, 3.8) is 0 Å². The van der Waals surface area contributed by atoms with Crippen LogP contribution in [-0.4, -0.2) is 61.6 Å². The Hall–Kier alpha value is -0.370. The van der Waals surface area contributed by atoms with E-state index < -0.39 is 0 Å². The molecule has 0 unspecified atom stereocenters. The maximum absolute atomic E-state index is 12.9. The molecule has 2 N–H and O–H groups in total. The Morgan fingerprint density at radius 1 is 1.21 bits per heavy atom. The molecular formula is C16H27Cl2N3O2S. The predicted octanol–water partition coefficient (Wildman–Crippen LogP) is 1.99. The maximum Gasteiger partial charge on any atom is 0.230 e. The molecule has 3 rings (SSSR count). The molecule has 0 atom stereocenters. The molecule has 0 bridgehead atoms. The van der Waals surface area contributed by atoms with Crippen LogP contribution >= 0.6 is 36.2 Å². The van der Waals surface area contributed by atoms with Gasteiger partial charge < -0.3 is 15.4 Å². The van der Waals surface area contributed by atoms with E-state index in [-0.39, 0.29) is 36.1 Å². The van der Waals surface area contributed by atoms with Crippen LogP contribution in [0.1, 0.15) is 17.7 Å². The van der Waals surface area contributed by atoms with Gasteiger partial charge in [-0.2, -0.15) is 0 Å². The molecule has 24 heavy (non-hydrogen) atoms. The number of ether oxygens (including phenoxy) is 1. The second kappa shape index (κ2) is 9.94. The van der Waals surface area contributed by atoms with Crippen molar-refractivity contribution in [1.82, 2.24) is 9.80 Å². The molecule has 0 spiro atoms. The first-order valence-corrected chi connectivity index (χ1v) is 8.93. The van der Waals surface area contributed by atoms with Gasteiger partial charge in [0.05, 0.1) is 5.41 Å². The van der Waals surface area contributed by atoms with Crippen molar-refractivity contribution in [2.75, 3.05) is 45.9 Å². The number of carbonyl (C=O) groups excluding carboxylic acids is 1. The highest BCUT2D eigenvalue weighted by Crippen LogP contribution is 2.32. The summed E-state index contributed by atoms with van der Waals surface area (Å²) in [7, 11) is 0. The number of thiophene rings is 1. The van der Waals surface area contributed by atoms with E-state index in [1.165, 1.54) is 4.88 Å². The molecule has 2 fully saturated rings. The van der Waals surface area contributed by atoms with Gasteiger partial charge in [-0.25, -0.2) is 0 Å². The van der Waals surface area contributed by atoms with Crippen molar-refractivity contribution < 1.29 is 9.53 Å². The Balaban J connectivity index is 0.00000144. The second-order valence-corrected chi connectivity index (χ2v) is 7.28. The highest BCUT2D eigenvalue weighted by Gasteiger charge is 2.42. The van der Waals surface area contributed by atoms with Gasteiger partial charge in [-0.1, -0.05) is 6.07 Å². The van der Waals surface area contributed by atoms with E-state index in [0.717, 1.165) is 45.6 Å². The van der Waals surface area contributed by atoms with E-state index in [9.17, 15) is 4.79 Å². The number of rotatable bonds is 4. The van der Waals surface area contributed by atoms with Crippen molar-refractivity contribution in [3.05, 3.63) is 22.4 Å². The molecular weight excluding hydrogens is 369 g/mol. The minimum absolute atomic E-state index is 0. The third-order valence-electron chi connectivity index (χ3n) is 4.91. The summed E-state index contributed by atoms with van der Waals surface area (Å²) < 4.78 is 5.41. The molecule has 5 nitrogen and oxygen atoms in total. The molecule has 0 aliphatic carbocycles. The summed E-state index contributed by atoms with van der Waals surface area (Å²) in [6.07, 6.45) is 1.52. The minimum atomic E-state index is -0.381. The maximum atomic E-state index is 12.9. The fourth-order valence-electron chi connectivity index (χ4n) is 3.33. The second-order valence-electron chi connectivity index (χ2n) is 6.24. The highest BCUT2D eigenvalue weighted by molar-refractivity contribution is 7.09. The van der Waals surface area contributed by atoms with Crippen molar-refractivity contribution >= 4 is 42.1 Å². The van der Waals surface area contributed by atoms with Crippen molar-refractivity contribution in [1.29, 1.82) is 0 Å². The summed E-state index contributed by atoms with van der Waals surface area (Å²) in [6, 6.07) is 4.27. The van der Waals surface area contributed by atoms with Crippen LogP contribution in [0.3, 0.4) is 0 Å². The predicted molar refractivity (Wildman–Crippen MR) is 102 cm³/mol. The summed E-state index contributed by atoms with van der Waals surface area (Å²) in [5, 5.41) is 2.12. The van der Waals surface area contributed by atoms with Crippen LogP contribution in [0, 0.1) is 5.41 Å². The third-order valence-corrected chi connectivity index (χ3v) is 5.77. The zero-order chi connectivity index (χ0) is 15.4. The quantitative estimate of drug-likeness (QED) is 0.846. The molecule has 3 heterocycles. The number of nitrogens with zero attached hydrogens (tertiary/aromatic N) is 2. The van der Waals surface area contributed by atoms with Gasteiger partial charge in [0.25, 0.3) is 0 Å². The lowest BCUT2D eigenvalue weighted by molar-refractivity contribution is -0.149. The molecule has 8 heteroatoms. The fraction of sp³-hybridized carbons (Fsp3) is 0.688. The first-order valence-electron chi connectivity index (χ1n) is 8.05. The summed E-state index contributed by atoms with van der Waals surface area (Å²) in [6.45, 7) is 6.25. The van der Waals surface area contributed by atoms with Crippen LogP contribution in [0.2, 0.25) is 0 Å². The van der Waals surface area contributed by atoms with Gasteiger partial charge in [0.15, 0.2) is 0 Å². The van der Waals surface area contributed by atoms with E-state index in [4.69, 9.17) is 10.5 Å². The van der Waals surface area contributed by atoms with E-state index in [2.05, 4.69) is 22.4 Å². The van der Waals surface area contributed by atoms with Crippen molar-refractivity contribution in [2.24, 2.45) is 11.1 Å². The summed E-state index contributed by atoms with van der Waals surface area (Å²) >= 11 is 1.80. The first kappa shape index (κ1) is 21.7. The molecule has 1 aromatic heterocycles. The zero-order valence-electron chi connectivity index (χ0n) is 13.8. The first-order chi connectivity index (χ1) is 10.7. The number of nitrogens with two attached hydrogens (primary N) is 1. The van der Waals surface area contributed by atoms with Crippen LogP contribution < -0.4 is 5.73 Å². The Labute approximate surface area is 160 Å². The van der Waals surface area contributed by atoms with E-state index in [0.29, 0.717) is 19.8 Å². The molecule has 2 aliphatic heterocycles. The standard InChI is InChI=1S/C16H25N3O2S.2ClH/c17-13-16(3-9-21-10-4-16)15(20)19-7-5-18(6-8-19)12-14-2-1-11-22-14;;/h1-2,11H,3-10,12-13,17H2;2*1H.